The molecule has 0 unspecified atom stereocenters. The van der Waals surface area contributed by atoms with E-state index in [1.165, 1.54) is 5.56 Å². The standard InChI is InChI=1S/C13H14ClNO/c1-8(2)11-7-15(3)12-5-4-9(13(14)16)6-10(11)12/h4-8H,1-3H3. The number of aromatic nitrogens is 1. The fraction of sp³-hybridized carbons (Fsp3) is 0.308. The van der Waals surface area contributed by atoms with Gasteiger partial charge in [-0.05, 0) is 41.3 Å². The minimum Gasteiger partial charge on any atom is -0.350 e. The topological polar surface area (TPSA) is 22.0 Å². The average Bonchev–Trinajstić information content (AvgIpc) is 2.56. The summed E-state index contributed by atoms with van der Waals surface area (Å²) in [5, 5.41) is 0.712. The Morgan fingerprint density at radius 2 is 2.06 bits per heavy atom. The van der Waals surface area contributed by atoms with Crippen LogP contribution in [0.1, 0.15) is 35.7 Å². The van der Waals surface area contributed by atoms with Crippen molar-refractivity contribution in [2.75, 3.05) is 0 Å². The van der Waals surface area contributed by atoms with Crippen molar-refractivity contribution in [3.05, 3.63) is 35.5 Å². The number of aryl methyl sites for hydroxylation is 1. The highest BCUT2D eigenvalue weighted by Gasteiger charge is 2.11. The minimum atomic E-state index is -0.402. The van der Waals surface area contributed by atoms with Crippen LogP contribution in [0.2, 0.25) is 0 Å². The molecule has 16 heavy (non-hydrogen) atoms. The van der Waals surface area contributed by atoms with E-state index in [-0.39, 0.29) is 0 Å². The molecule has 0 bridgehead atoms. The minimum absolute atomic E-state index is 0.402. The number of hydrogen-bond acceptors (Lipinski definition) is 1. The molecular weight excluding hydrogens is 222 g/mol. The molecule has 2 nitrogen and oxygen atoms in total. The van der Waals surface area contributed by atoms with E-state index < -0.39 is 5.24 Å². The van der Waals surface area contributed by atoms with Crippen molar-refractivity contribution >= 4 is 27.7 Å². The first-order valence-corrected chi connectivity index (χ1v) is 5.67. The van der Waals surface area contributed by atoms with Crippen LogP contribution in [0, 0.1) is 0 Å². The quantitative estimate of drug-likeness (QED) is 0.728. The second-order valence-electron chi connectivity index (χ2n) is 4.36. The van der Waals surface area contributed by atoms with Crippen LogP contribution in [0.15, 0.2) is 24.4 Å². The molecule has 0 aliphatic heterocycles. The van der Waals surface area contributed by atoms with Gasteiger partial charge >= 0.3 is 0 Å². The summed E-state index contributed by atoms with van der Waals surface area (Å²) in [4.78, 5) is 11.1. The van der Waals surface area contributed by atoms with Crippen LogP contribution >= 0.6 is 11.6 Å². The van der Waals surface area contributed by atoms with Gasteiger partial charge in [0.1, 0.15) is 0 Å². The van der Waals surface area contributed by atoms with Crippen molar-refractivity contribution in [2.24, 2.45) is 7.05 Å². The van der Waals surface area contributed by atoms with Crippen molar-refractivity contribution in [3.63, 3.8) is 0 Å². The molecule has 0 aliphatic carbocycles. The van der Waals surface area contributed by atoms with Crippen molar-refractivity contribution in [1.29, 1.82) is 0 Å². The van der Waals surface area contributed by atoms with Gasteiger partial charge in [0.25, 0.3) is 5.24 Å². The third kappa shape index (κ3) is 1.74. The number of fused-ring (bicyclic) bond motifs is 1. The molecular formula is C13H14ClNO. The zero-order valence-corrected chi connectivity index (χ0v) is 10.4. The van der Waals surface area contributed by atoms with Crippen LogP contribution in [0.5, 0.6) is 0 Å². The van der Waals surface area contributed by atoms with Gasteiger partial charge in [0.05, 0.1) is 0 Å². The summed E-state index contributed by atoms with van der Waals surface area (Å²) in [5.74, 6) is 0.435. The van der Waals surface area contributed by atoms with Crippen molar-refractivity contribution < 1.29 is 4.79 Å². The average molecular weight is 236 g/mol. The predicted molar refractivity (Wildman–Crippen MR) is 67.2 cm³/mol. The molecule has 0 spiro atoms. The first kappa shape index (κ1) is 11.2. The smallest absolute Gasteiger partial charge is 0.252 e. The first-order chi connectivity index (χ1) is 7.50. The molecule has 0 saturated carbocycles. The summed E-state index contributed by atoms with van der Waals surface area (Å²) in [6.45, 7) is 4.29. The molecule has 0 radical (unpaired) electrons. The normalized spacial score (nSPS) is 11.3. The van der Waals surface area contributed by atoms with Gasteiger partial charge in [0.15, 0.2) is 0 Å². The van der Waals surface area contributed by atoms with Crippen LogP contribution in [0.4, 0.5) is 0 Å². The second-order valence-corrected chi connectivity index (χ2v) is 4.70. The van der Waals surface area contributed by atoms with Gasteiger partial charge in [0.2, 0.25) is 0 Å². The highest BCUT2D eigenvalue weighted by molar-refractivity contribution is 6.67. The highest BCUT2D eigenvalue weighted by Crippen LogP contribution is 2.28. The maximum absolute atomic E-state index is 11.1. The molecule has 0 aliphatic rings. The SMILES string of the molecule is CC(C)c1cn(C)c2ccc(C(=O)Cl)cc12. The van der Waals surface area contributed by atoms with Gasteiger partial charge < -0.3 is 4.57 Å². The van der Waals surface area contributed by atoms with E-state index in [0.29, 0.717) is 11.5 Å². The molecule has 1 aromatic heterocycles. The fourth-order valence-corrected chi connectivity index (χ4v) is 2.12. The Morgan fingerprint density at radius 3 is 2.62 bits per heavy atom. The van der Waals surface area contributed by atoms with E-state index in [2.05, 4.69) is 24.6 Å². The van der Waals surface area contributed by atoms with Crippen LogP contribution in [-0.2, 0) is 7.05 Å². The number of halogens is 1. The zero-order valence-electron chi connectivity index (χ0n) is 9.62. The Balaban J connectivity index is 2.74. The molecule has 0 N–H and O–H groups in total. The number of hydrogen-bond donors (Lipinski definition) is 0. The third-order valence-electron chi connectivity index (χ3n) is 2.87. The molecule has 0 atom stereocenters. The molecule has 0 fully saturated rings. The Morgan fingerprint density at radius 1 is 1.38 bits per heavy atom. The van der Waals surface area contributed by atoms with Gasteiger partial charge in [0, 0.05) is 29.7 Å². The Bertz CT molecular complexity index is 554. The van der Waals surface area contributed by atoms with Crippen molar-refractivity contribution in [1.82, 2.24) is 4.57 Å². The summed E-state index contributed by atoms with van der Waals surface area (Å²) >= 11 is 5.50. The molecule has 1 heterocycles. The summed E-state index contributed by atoms with van der Waals surface area (Å²) in [6.07, 6.45) is 2.11. The number of carbonyl (C=O) groups is 1. The van der Waals surface area contributed by atoms with E-state index in [9.17, 15) is 4.79 Å². The molecule has 0 saturated heterocycles. The molecule has 84 valence electrons. The summed E-state index contributed by atoms with van der Waals surface area (Å²) < 4.78 is 2.08. The lowest BCUT2D eigenvalue weighted by Crippen LogP contribution is -1.90. The van der Waals surface area contributed by atoms with E-state index in [0.717, 1.165) is 10.9 Å². The fourth-order valence-electron chi connectivity index (χ4n) is 2.00. The third-order valence-corrected chi connectivity index (χ3v) is 3.09. The van der Waals surface area contributed by atoms with Gasteiger partial charge in [-0.25, -0.2) is 0 Å². The van der Waals surface area contributed by atoms with Crippen LogP contribution in [-0.4, -0.2) is 9.81 Å². The lowest BCUT2D eigenvalue weighted by Gasteiger charge is -2.02. The zero-order chi connectivity index (χ0) is 11.9. The highest BCUT2D eigenvalue weighted by atomic mass is 35.5. The van der Waals surface area contributed by atoms with E-state index >= 15 is 0 Å². The molecule has 1 aromatic carbocycles. The van der Waals surface area contributed by atoms with Gasteiger partial charge in [-0.3, -0.25) is 4.79 Å². The number of carbonyl (C=O) groups excluding carboxylic acids is 1. The monoisotopic (exact) mass is 235 g/mol. The Hall–Kier alpha value is -1.28. The van der Waals surface area contributed by atoms with E-state index in [4.69, 9.17) is 11.6 Å². The summed E-state index contributed by atoms with van der Waals surface area (Å²) in [7, 11) is 2.01. The lowest BCUT2D eigenvalue weighted by atomic mass is 10.0. The number of nitrogens with zero attached hydrogens (tertiary/aromatic N) is 1. The number of rotatable bonds is 2. The van der Waals surface area contributed by atoms with Crippen molar-refractivity contribution in [3.8, 4) is 0 Å². The molecule has 2 rings (SSSR count). The largest absolute Gasteiger partial charge is 0.350 e. The summed E-state index contributed by atoms with van der Waals surface area (Å²) in [6, 6.07) is 5.58. The van der Waals surface area contributed by atoms with Crippen LogP contribution in [0.25, 0.3) is 10.9 Å². The van der Waals surface area contributed by atoms with Gasteiger partial charge in [-0.15, -0.1) is 0 Å². The molecule has 2 aromatic rings. The van der Waals surface area contributed by atoms with Gasteiger partial charge in [-0.2, -0.15) is 0 Å². The maximum Gasteiger partial charge on any atom is 0.252 e. The Kier molecular flexibility index (Phi) is 2.76. The first-order valence-electron chi connectivity index (χ1n) is 5.29. The van der Waals surface area contributed by atoms with E-state index in [1.807, 2.05) is 19.2 Å². The molecule has 3 heteroatoms. The second kappa shape index (κ2) is 3.95. The van der Waals surface area contributed by atoms with Crippen molar-refractivity contribution in [2.45, 2.75) is 19.8 Å². The van der Waals surface area contributed by atoms with Gasteiger partial charge in [-0.1, -0.05) is 13.8 Å². The Labute approximate surface area is 99.8 Å². The van der Waals surface area contributed by atoms with Crippen LogP contribution in [0.3, 0.4) is 0 Å². The lowest BCUT2D eigenvalue weighted by molar-refractivity contribution is 0.108. The number of benzene rings is 1. The summed E-state index contributed by atoms with van der Waals surface area (Å²) in [5.41, 5.74) is 2.94. The van der Waals surface area contributed by atoms with E-state index in [1.54, 1.807) is 6.07 Å². The van der Waals surface area contributed by atoms with Crippen LogP contribution < -0.4 is 0 Å². The maximum atomic E-state index is 11.1. The molecule has 0 amide bonds. The predicted octanol–water partition coefficient (Wildman–Crippen LogP) is 3.68.